The molecule has 1 aromatic heterocycles. The number of likely N-dealkylation sites (N-methyl/N-ethyl adjacent to an activating group) is 1. The summed E-state index contributed by atoms with van der Waals surface area (Å²) in [5.74, 6) is -3.20. The number of nitrogens with zero attached hydrogens (tertiary/aromatic N) is 2. The fourth-order valence-electron chi connectivity index (χ4n) is 1.97. The molecule has 7 heteroatoms. The van der Waals surface area contributed by atoms with Crippen molar-refractivity contribution >= 4 is 11.9 Å². The molecule has 0 radical (unpaired) electrons. The van der Waals surface area contributed by atoms with E-state index in [1.54, 1.807) is 12.4 Å². The molecule has 1 atom stereocenters. The van der Waals surface area contributed by atoms with E-state index in [4.69, 9.17) is 14.9 Å². The summed E-state index contributed by atoms with van der Waals surface area (Å²) in [7, 11) is 1.93. The number of ether oxygens (including phenoxy) is 1. The Hall–Kier alpha value is -2.41. The minimum absolute atomic E-state index is 0.163. The summed E-state index contributed by atoms with van der Waals surface area (Å²) >= 11 is 0. The summed E-state index contributed by atoms with van der Waals surface area (Å²) < 4.78 is 5.01. The lowest BCUT2D eigenvalue weighted by atomic mass is 10.2. The van der Waals surface area contributed by atoms with E-state index >= 15 is 0 Å². The van der Waals surface area contributed by atoms with Gasteiger partial charge in [-0.15, -0.1) is 0 Å². The zero-order valence-electron chi connectivity index (χ0n) is 12.4. The van der Waals surface area contributed by atoms with Crippen LogP contribution in [0.2, 0.25) is 0 Å². The van der Waals surface area contributed by atoms with Gasteiger partial charge in [-0.2, -0.15) is 0 Å². The van der Waals surface area contributed by atoms with Gasteiger partial charge in [0.1, 0.15) is 6.61 Å². The first kappa shape index (κ1) is 17.6. The third kappa shape index (κ3) is 6.85. The average molecular weight is 308 g/mol. The Morgan fingerprint density at radius 1 is 1.32 bits per heavy atom. The smallest absolute Gasteiger partial charge is 0.371 e. The van der Waals surface area contributed by atoms with Gasteiger partial charge in [0, 0.05) is 18.4 Å². The molecule has 0 amide bonds. The Morgan fingerprint density at radius 3 is 2.36 bits per heavy atom. The van der Waals surface area contributed by atoms with Crippen LogP contribution in [0, 0.1) is 0 Å². The van der Waals surface area contributed by atoms with E-state index in [0.717, 1.165) is 19.4 Å². The highest BCUT2D eigenvalue weighted by molar-refractivity contribution is 5.92. The van der Waals surface area contributed by atoms with E-state index in [1.807, 2.05) is 25.2 Å². The van der Waals surface area contributed by atoms with Crippen molar-refractivity contribution in [1.82, 2.24) is 9.88 Å². The summed E-state index contributed by atoms with van der Waals surface area (Å²) in [6.07, 6.45) is 6.06. The van der Waals surface area contributed by atoms with Crippen LogP contribution < -0.4 is 0 Å². The lowest BCUT2D eigenvalue weighted by molar-refractivity contribution is -0.138. The Bertz CT molecular complexity index is 477. The van der Waals surface area contributed by atoms with Crippen LogP contribution in [0.3, 0.4) is 0 Å². The monoisotopic (exact) mass is 308 g/mol. The fraction of sp³-hybridized carbons (Fsp3) is 0.400. The molecule has 0 aromatic carbocycles. The molecule has 7 nitrogen and oxygen atoms in total. The third-order valence-corrected chi connectivity index (χ3v) is 3.13. The van der Waals surface area contributed by atoms with Crippen molar-refractivity contribution in [2.24, 2.45) is 0 Å². The number of hydrogen-bond donors (Lipinski definition) is 2. The Labute approximate surface area is 128 Å². The van der Waals surface area contributed by atoms with Gasteiger partial charge in [-0.05, 0) is 38.6 Å². The van der Waals surface area contributed by atoms with Crippen molar-refractivity contribution in [2.45, 2.75) is 18.9 Å². The molecule has 0 unspecified atom stereocenters. The van der Waals surface area contributed by atoms with Crippen LogP contribution in [-0.2, 0) is 14.3 Å². The molecular weight excluding hydrogens is 288 g/mol. The summed E-state index contributed by atoms with van der Waals surface area (Å²) in [6.45, 7) is 1.17. The molecule has 0 saturated carbocycles. The Balaban J connectivity index is 0.000000335. The fourth-order valence-corrected chi connectivity index (χ4v) is 1.97. The van der Waals surface area contributed by atoms with Crippen LogP contribution in [0.25, 0.3) is 0 Å². The standard InChI is InChI=1S/C10H15NO5.C5H5N/c1-11-4-2-3-7(11)6-16-8(10(14)15)5-9(12)13;1-2-4-6-5-3-1/h5,7H,2-4,6H2,1H3,(H,12,13)(H,14,15);1-5H/b8-5-;/t7-;/m0./s1. The summed E-state index contributed by atoms with van der Waals surface area (Å²) in [4.78, 5) is 26.8. The second kappa shape index (κ2) is 9.51. The van der Waals surface area contributed by atoms with Crippen molar-refractivity contribution in [1.29, 1.82) is 0 Å². The second-order valence-corrected chi connectivity index (χ2v) is 4.76. The van der Waals surface area contributed by atoms with Crippen molar-refractivity contribution in [3.05, 3.63) is 42.4 Å². The molecule has 1 aliphatic rings. The minimum Gasteiger partial charge on any atom is -0.485 e. The molecule has 0 spiro atoms. The zero-order chi connectivity index (χ0) is 16.4. The number of pyridine rings is 1. The van der Waals surface area contributed by atoms with E-state index in [1.165, 1.54) is 0 Å². The summed E-state index contributed by atoms with van der Waals surface area (Å²) in [5, 5.41) is 17.1. The molecule has 1 saturated heterocycles. The van der Waals surface area contributed by atoms with Gasteiger partial charge in [-0.1, -0.05) is 6.07 Å². The number of hydrogen-bond acceptors (Lipinski definition) is 5. The molecule has 120 valence electrons. The maximum Gasteiger partial charge on any atom is 0.371 e. The largest absolute Gasteiger partial charge is 0.485 e. The highest BCUT2D eigenvalue weighted by Gasteiger charge is 2.22. The van der Waals surface area contributed by atoms with E-state index < -0.39 is 17.7 Å². The van der Waals surface area contributed by atoms with Crippen LogP contribution in [0.5, 0.6) is 0 Å². The molecule has 0 aliphatic carbocycles. The van der Waals surface area contributed by atoms with Gasteiger partial charge in [-0.3, -0.25) is 4.98 Å². The van der Waals surface area contributed by atoms with E-state index in [0.29, 0.717) is 6.08 Å². The van der Waals surface area contributed by atoms with Crippen molar-refractivity contribution in [2.75, 3.05) is 20.2 Å². The average Bonchev–Trinajstić information content (AvgIpc) is 2.91. The topological polar surface area (TPSA) is 100.0 Å². The first-order chi connectivity index (χ1) is 10.5. The number of carbonyl (C=O) groups is 2. The number of aromatic nitrogens is 1. The van der Waals surface area contributed by atoms with Crippen LogP contribution in [0.1, 0.15) is 12.8 Å². The van der Waals surface area contributed by atoms with Crippen LogP contribution in [0.15, 0.2) is 42.4 Å². The van der Waals surface area contributed by atoms with Crippen molar-refractivity contribution in [3.63, 3.8) is 0 Å². The molecule has 1 fully saturated rings. The Morgan fingerprint density at radius 2 is 2.00 bits per heavy atom. The predicted octanol–water partition coefficient (Wildman–Crippen LogP) is 1.23. The zero-order valence-corrected chi connectivity index (χ0v) is 12.4. The van der Waals surface area contributed by atoms with Crippen LogP contribution in [0.4, 0.5) is 0 Å². The number of likely N-dealkylation sites (tertiary alicyclic amines) is 1. The second-order valence-electron chi connectivity index (χ2n) is 4.76. The van der Waals surface area contributed by atoms with E-state index in [2.05, 4.69) is 9.88 Å². The van der Waals surface area contributed by atoms with E-state index in [-0.39, 0.29) is 12.6 Å². The van der Waals surface area contributed by atoms with Gasteiger partial charge >= 0.3 is 11.9 Å². The molecule has 0 bridgehead atoms. The normalized spacial score (nSPS) is 18.2. The molecule has 1 aliphatic heterocycles. The molecule has 22 heavy (non-hydrogen) atoms. The molecule has 1 aromatic rings. The van der Waals surface area contributed by atoms with Gasteiger partial charge in [0.05, 0.1) is 6.08 Å². The first-order valence-electron chi connectivity index (χ1n) is 6.86. The van der Waals surface area contributed by atoms with Crippen molar-refractivity contribution < 1.29 is 24.5 Å². The Kier molecular flexibility index (Phi) is 7.63. The molecule has 2 N–H and O–H groups in total. The lowest BCUT2D eigenvalue weighted by Crippen LogP contribution is -2.30. The van der Waals surface area contributed by atoms with Crippen LogP contribution in [-0.4, -0.2) is 58.3 Å². The highest BCUT2D eigenvalue weighted by atomic mass is 16.5. The number of aliphatic carboxylic acids is 2. The lowest BCUT2D eigenvalue weighted by Gasteiger charge is -2.19. The maximum atomic E-state index is 10.7. The third-order valence-electron chi connectivity index (χ3n) is 3.13. The summed E-state index contributed by atoms with van der Waals surface area (Å²) in [5.41, 5.74) is 0. The van der Waals surface area contributed by atoms with Gasteiger partial charge in [0.2, 0.25) is 5.76 Å². The predicted molar refractivity (Wildman–Crippen MR) is 79.2 cm³/mol. The number of rotatable bonds is 5. The van der Waals surface area contributed by atoms with Gasteiger partial charge in [0.25, 0.3) is 0 Å². The summed E-state index contributed by atoms with van der Waals surface area (Å²) in [6, 6.07) is 5.88. The van der Waals surface area contributed by atoms with Gasteiger partial charge < -0.3 is 19.8 Å². The molecule has 2 heterocycles. The first-order valence-corrected chi connectivity index (χ1v) is 6.86. The number of carboxylic acid groups (broad SMARTS) is 2. The molecule has 2 rings (SSSR count). The van der Waals surface area contributed by atoms with Crippen molar-refractivity contribution in [3.8, 4) is 0 Å². The number of carboxylic acids is 2. The molecular formula is C15H20N2O5. The van der Waals surface area contributed by atoms with Crippen LogP contribution >= 0.6 is 0 Å². The minimum atomic E-state index is -1.36. The quantitative estimate of drug-likeness (QED) is 0.623. The maximum absolute atomic E-state index is 10.7. The van der Waals surface area contributed by atoms with Gasteiger partial charge in [-0.25, -0.2) is 9.59 Å². The van der Waals surface area contributed by atoms with E-state index in [9.17, 15) is 9.59 Å². The highest BCUT2D eigenvalue weighted by Crippen LogP contribution is 2.15. The SMILES string of the molecule is CN1CCC[C@H]1CO/C(=C\C(=O)O)C(=O)O.c1ccncc1. The van der Waals surface area contributed by atoms with Gasteiger partial charge in [0.15, 0.2) is 0 Å².